The van der Waals surface area contributed by atoms with E-state index in [1.807, 2.05) is 0 Å². The number of hydrogen-bond donors (Lipinski definition) is 4. The molecule has 1 aliphatic rings. The average molecular weight is 785 g/mol. The first-order valence-corrected chi connectivity index (χ1v) is 19.7. The number of carboxylic acids is 1. The standard InChI is InChI=1S/C37H60N4O12S/c1-23(2)29(36(50)40-30(25(4)42)21-34(47)48)20-31(45)24(3)39-35(49)26(9-6-7-13-38)19-28(44)12-18-54-32-22-33(46)41(37(32)51)14-11-27(43)10-8-15-53-17-16-52-5/h23-24,26,29-30,32H,6-22,38H2,1-5H3,(H,39,49)(H,40,50)(H,47,48)/t24-,26-,29-,30+,32?/m1/s1. The predicted octanol–water partition coefficient (Wildman–Crippen LogP) is 1.63. The van der Waals surface area contributed by atoms with E-state index >= 15 is 0 Å². The highest BCUT2D eigenvalue weighted by molar-refractivity contribution is 8.00. The van der Waals surface area contributed by atoms with E-state index in [9.17, 15) is 43.2 Å². The van der Waals surface area contributed by atoms with Gasteiger partial charge in [0.15, 0.2) is 11.6 Å². The average Bonchev–Trinajstić information content (AvgIpc) is 3.37. The number of carbonyl (C=O) groups is 9. The van der Waals surface area contributed by atoms with Crippen molar-refractivity contribution in [3.63, 3.8) is 0 Å². The third-order valence-electron chi connectivity index (χ3n) is 9.13. The molecule has 0 saturated carbocycles. The maximum Gasteiger partial charge on any atom is 0.305 e. The second-order valence-corrected chi connectivity index (χ2v) is 15.3. The van der Waals surface area contributed by atoms with E-state index in [2.05, 4.69) is 10.6 Å². The smallest absolute Gasteiger partial charge is 0.305 e. The Balaban J connectivity index is 2.68. The minimum atomic E-state index is -1.26. The van der Waals surface area contributed by atoms with E-state index in [0.717, 1.165) is 4.90 Å². The molecule has 0 aromatic heterocycles. The number of thioether (sulfide) groups is 1. The van der Waals surface area contributed by atoms with Crippen molar-refractivity contribution in [2.75, 3.05) is 45.8 Å². The third kappa shape index (κ3) is 18.7. The molecule has 16 nitrogen and oxygen atoms in total. The molecule has 5 N–H and O–H groups in total. The van der Waals surface area contributed by atoms with Crippen molar-refractivity contribution in [3.05, 3.63) is 0 Å². The van der Waals surface area contributed by atoms with Crippen molar-refractivity contribution in [1.29, 1.82) is 0 Å². The van der Waals surface area contributed by atoms with Gasteiger partial charge in [0.1, 0.15) is 11.6 Å². The molecule has 1 fully saturated rings. The fourth-order valence-corrected chi connectivity index (χ4v) is 6.89. The van der Waals surface area contributed by atoms with Crippen molar-refractivity contribution in [3.8, 4) is 0 Å². The second-order valence-electron chi connectivity index (χ2n) is 13.9. The van der Waals surface area contributed by atoms with Gasteiger partial charge in [-0.15, -0.1) is 11.8 Å². The summed E-state index contributed by atoms with van der Waals surface area (Å²) in [5.41, 5.74) is 5.63. The Hall–Kier alpha value is -3.54. The number of carbonyl (C=O) groups excluding carboxylic acids is 8. The molecule has 0 bridgehead atoms. The molecule has 306 valence electrons. The van der Waals surface area contributed by atoms with Crippen LogP contribution >= 0.6 is 11.8 Å². The van der Waals surface area contributed by atoms with Gasteiger partial charge in [-0.2, -0.15) is 0 Å². The monoisotopic (exact) mass is 784 g/mol. The van der Waals surface area contributed by atoms with Gasteiger partial charge in [-0.25, -0.2) is 0 Å². The molecule has 0 radical (unpaired) electrons. The van der Waals surface area contributed by atoms with Crippen molar-refractivity contribution < 1.29 is 57.7 Å². The second kappa shape index (κ2) is 26.3. The SMILES string of the molecule is COCCOCCCC(=O)CCN1C(=O)CC(SCCC(=O)C[C@@H](CCCCN)C(=O)N[C@H](C)C(=O)C[C@@H](C(=O)N[C@@H](CC(=O)O)C(C)=O)C(C)C)C1=O. The molecule has 0 aromatic rings. The van der Waals surface area contributed by atoms with Gasteiger partial charge < -0.3 is 30.9 Å². The summed E-state index contributed by atoms with van der Waals surface area (Å²) in [7, 11) is 1.57. The first kappa shape index (κ1) is 48.5. The number of amides is 4. The largest absolute Gasteiger partial charge is 0.481 e. The molecule has 5 atom stereocenters. The minimum Gasteiger partial charge on any atom is -0.481 e. The highest BCUT2D eigenvalue weighted by Gasteiger charge is 2.39. The summed E-state index contributed by atoms with van der Waals surface area (Å²) in [6.45, 7) is 7.79. The molecule has 0 aliphatic carbocycles. The summed E-state index contributed by atoms with van der Waals surface area (Å²) >= 11 is 1.19. The number of likely N-dealkylation sites (tertiary alicyclic amines) is 1. The van der Waals surface area contributed by atoms with Gasteiger partial charge in [0, 0.05) is 76.4 Å². The van der Waals surface area contributed by atoms with Crippen LogP contribution in [0.4, 0.5) is 0 Å². The maximum absolute atomic E-state index is 13.3. The van der Waals surface area contributed by atoms with Crippen molar-refractivity contribution in [1.82, 2.24) is 15.5 Å². The summed E-state index contributed by atoms with van der Waals surface area (Å²) in [6.07, 6.45) is 1.49. The minimum absolute atomic E-state index is 0.00991. The lowest BCUT2D eigenvalue weighted by Crippen LogP contribution is -2.47. The Morgan fingerprint density at radius 1 is 0.889 bits per heavy atom. The Bertz CT molecular complexity index is 1310. The fourth-order valence-electron chi connectivity index (χ4n) is 5.73. The Morgan fingerprint density at radius 2 is 1.59 bits per heavy atom. The molecule has 1 unspecified atom stereocenters. The van der Waals surface area contributed by atoms with Crippen LogP contribution in [0.5, 0.6) is 0 Å². The van der Waals surface area contributed by atoms with Crippen LogP contribution in [-0.2, 0) is 52.6 Å². The van der Waals surface area contributed by atoms with Gasteiger partial charge in [0.2, 0.25) is 23.6 Å². The van der Waals surface area contributed by atoms with Crippen LogP contribution in [0.1, 0.15) is 98.3 Å². The molecular weight excluding hydrogens is 724 g/mol. The first-order chi connectivity index (χ1) is 25.5. The van der Waals surface area contributed by atoms with Gasteiger partial charge in [-0.3, -0.25) is 48.1 Å². The van der Waals surface area contributed by atoms with Crippen molar-refractivity contribution >= 4 is 64.5 Å². The maximum atomic E-state index is 13.3. The van der Waals surface area contributed by atoms with E-state index < -0.39 is 64.9 Å². The number of nitrogens with two attached hydrogens (primary N) is 1. The van der Waals surface area contributed by atoms with E-state index in [4.69, 9.17) is 20.3 Å². The van der Waals surface area contributed by atoms with Crippen molar-refractivity contribution in [2.45, 2.75) is 116 Å². The summed E-state index contributed by atoms with van der Waals surface area (Å²) in [4.78, 5) is 114. The van der Waals surface area contributed by atoms with Crippen molar-refractivity contribution in [2.24, 2.45) is 23.5 Å². The summed E-state index contributed by atoms with van der Waals surface area (Å²) in [5.74, 6) is -6.15. The predicted molar refractivity (Wildman–Crippen MR) is 200 cm³/mol. The number of methoxy groups -OCH3 is 1. The van der Waals surface area contributed by atoms with Crippen LogP contribution in [0.2, 0.25) is 0 Å². The zero-order valence-corrected chi connectivity index (χ0v) is 33.2. The molecule has 54 heavy (non-hydrogen) atoms. The molecule has 1 heterocycles. The van der Waals surface area contributed by atoms with Gasteiger partial charge in [-0.1, -0.05) is 20.3 Å². The molecule has 17 heteroatoms. The molecule has 1 rings (SSSR count). The third-order valence-corrected chi connectivity index (χ3v) is 10.3. The zero-order valence-electron chi connectivity index (χ0n) is 32.4. The quantitative estimate of drug-likeness (QED) is 0.0577. The first-order valence-electron chi connectivity index (χ1n) is 18.6. The Kier molecular flexibility index (Phi) is 23.6. The topological polar surface area (TPSA) is 246 Å². The number of carboxylic acid groups (broad SMARTS) is 1. The highest BCUT2D eigenvalue weighted by atomic mass is 32.2. The van der Waals surface area contributed by atoms with Crippen LogP contribution in [0.15, 0.2) is 0 Å². The number of ketones is 4. The zero-order chi connectivity index (χ0) is 40.8. The molecule has 0 spiro atoms. The van der Waals surface area contributed by atoms with Gasteiger partial charge >= 0.3 is 5.97 Å². The van der Waals surface area contributed by atoms with E-state index in [1.165, 1.54) is 25.6 Å². The number of aliphatic carboxylic acids is 1. The Morgan fingerprint density at radius 3 is 2.20 bits per heavy atom. The molecule has 0 aromatic carbocycles. The van der Waals surface area contributed by atoms with E-state index in [0.29, 0.717) is 52.0 Å². The number of hydrogen-bond acceptors (Lipinski definition) is 13. The molecule has 4 amide bonds. The van der Waals surface area contributed by atoms with Crippen LogP contribution in [0.3, 0.4) is 0 Å². The fraction of sp³-hybridized carbons (Fsp3) is 0.757. The van der Waals surface area contributed by atoms with E-state index in [-0.39, 0.29) is 80.1 Å². The number of ether oxygens (including phenoxy) is 2. The van der Waals surface area contributed by atoms with Crippen LogP contribution < -0.4 is 16.4 Å². The lowest BCUT2D eigenvalue weighted by Gasteiger charge is -2.24. The van der Waals surface area contributed by atoms with Crippen LogP contribution in [0, 0.1) is 17.8 Å². The number of Topliss-reactive ketones (excluding diaryl/α,β-unsaturated/α-hetero) is 4. The van der Waals surface area contributed by atoms with Crippen LogP contribution in [-0.4, -0.2) is 126 Å². The lowest BCUT2D eigenvalue weighted by atomic mass is 9.87. The van der Waals surface area contributed by atoms with Gasteiger partial charge in [0.25, 0.3) is 0 Å². The highest BCUT2D eigenvalue weighted by Crippen LogP contribution is 2.27. The van der Waals surface area contributed by atoms with E-state index in [1.54, 1.807) is 21.0 Å². The summed E-state index contributed by atoms with van der Waals surface area (Å²) < 4.78 is 10.2. The molecule has 1 aliphatic heterocycles. The van der Waals surface area contributed by atoms with Crippen LogP contribution in [0.25, 0.3) is 0 Å². The lowest BCUT2D eigenvalue weighted by molar-refractivity contribution is -0.141. The number of unbranched alkanes of at least 4 members (excludes halogenated alkanes) is 1. The van der Waals surface area contributed by atoms with Gasteiger partial charge in [-0.05, 0) is 45.6 Å². The summed E-state index contributed by atoms with van der Waals surface area (Å²) in [5, 5.41) is 13.5. The molecule has 1 saturated heterocycles. The van der Waals surface area contributed by atoms with Gasteiger partial charge in [0.05, 0.1) is 37.0 Å². The number of rotatable bonds is 31. The number of nitrogens with zero attached hydrogens (tertiary/aromatic N) is 1. The summed E-state index contributed by atoms with van der Waals surface area (Å²) in [6, 6.07) is -2.24. The number of nitrogens with one attached hydrogen (secondary N) is 2. The normalized spacial score (nSPS) is 16.5. The molecular formula is C37H60N4O12S. The Labute approximate surface area is 322 Å². The number of imide groups is 1.